The summed E-state index contributed by atoms with van der Waals surface area (Å²) >= 11 is 10.3. The lowest BCUT2D eigenvalue weighted by atomic mass is 9.65. The smallest absolute Gasteiger partial charge is 0.270 e. The number of carbonyl (C=O) groups is 2. The zero-order valence-electron chi connectivity index (χ0n) is 60.1. The van der Waals surface area contributed by atoms with Gasteiger partial charge in [0.1, 0.15) is 0 Å². The first kappa shape index (κ1) is 70.3. The Morgan fingerprint density at radius 3 is 1.14 bits per heavy atom. The molecule has 6 heterocycles. The first-order chi connectivity index (χ1) is 50.3. The van der Waals surface area contributed by atoms with E-state index in [9.17, 15) is 14.9 Å². The lowest BCUT2D eigenvalue weighted by Gasteiger charge is -2.36. The number of Topliss-reactive ketones (excluding diaryl/α,β-unsaturated/α-hetero) is 2. The summed E-state index contributed by atoms with van der Waals surface area (Å²) in [4.78, 5) is 43.4. The van der Waals surface area contributed by atoms with Gasteiger partial charge in [0.05, 0.1) is 39.4 Å². The van der Waals surface area contributed by atoms with E-state index in [1.807, 2.05) is 54.9 Å². The predicted octanol–water partition coefficient (Wildman–Crippen LogP) is 27.6. The second-order valence-electron chi connectivity index (χ2n) is 28.7. The minimum absolute atomic E-state index is 0.00416. The summed E-state index contributed by atoms with van der Waals surface area (Å²) in [6.45, 7) is 31.3. The van der Waals surface area contributed by atoms with Gasteiger partial charge in [-0.15, -0.1) is 68.0 Å². The van der Waals surface area contributed by atoms with E-state index >= 15 is 0 Å². The number of hydrogen-bond acceptors (Lipinski definition) is 9. The van der Waals surface area contributed by atoms with Crippen molar-refractivity contribution in [3.63, 3.8) is 0 Å². The molecule has 0 amide bonds. The highest BCUT2D eigenvalue weighted by atomic mass is 32.1. The highest BCUT2D eigenvalue weighted by Gasteiger charge is 2.55. The topological polar surface area (TPSA) is 66.7 Å². The van der Waals surface area contributed by atoms with E-state index in [0.717, 1.165) is 92.3 Å². The molecule has 516 valence electrons. The minimum atomic E-state index is -0.803. The molecule has 0 aliphatic heterocycles. The molecule has 15 rings (SSSR count). The van der Waals surface area contributed by atoms with Crippen molar-refractivity contribution in [2.75, 3.05) is 0 Å². The Morgan fingerprint density at radius 1 is 0.456 bits per heavy atom. The van der Waals surface area contributed by atoms with Gasteiger partial charge in [0, 0.05) is 77.6 Å². The number of thiophene rings is 6. The third-order valence-electron chi connectivity index (χ3n) is 22.3. The zero-order chi connectivity index (χ0) is 71.3. The van der Waals surface area contributed by atoms with Gasteiger partial charge in [0.25, 0.3) is 5.70 Å². The van der Waals surface area contributed by atoms with Crippen LogP contribution in [-0.4, -0.2) is 11.6 Å². The number of benzene rings is 5. The third-order valence-corrected chi connectivity index (χ3v) is 28.9. The molecule has 103 heavy (non-hydrogen) atoms. The van der Waals surface area contributed by atoms with Crippen LogP contribution in [0.3, 0.4) is 0 Å². The Kier molecular flexibility index (Phi) is 20.2. The molecule has 11 heteroatoms. The maximum atomic E-state index is 14.7. The number of allylic oxidation sites excluding steroid dienone is 6. The highest BCUT2D eigenvalue weighted by Crippen LogP contribution is 2.68. The van der Waals surface area contributed by atoms with Crippen LogP contribution in [0.2, 0.25) is 0 Å². The van der Waals surface area contributed by atoms with E-state index in [4.69, 9.17) is 13.1 Å². The van der Waals surface area contributed by atoms with Crippen molar-refractivity contribution in [1.82, 2.24) is 0 Å². The first-order valence-corrected chi connectivity index (χ1v) is 42.4. The van der Waals surface area contributed by atoms with E-state index in [-0.39, 0.29) is 17.3 Å². The van der Waals surface area contributed by atoms with E-state index in [1.54, 1.807) is 34.0 Å². The summed E-state index contributed by atoms with van der Waals surface area (Å²) < 4.78 is 4.71. The normalized spacial score (nSPS) is 16.2. The maximum absolute atomic E-state index is 14.7. The van der Waals surface area contributed by atoms with Gasteiger partial charge < -0.3 is 0 Å². The lowest BCUT2D eigenvalue weighted by Crippen LogP contribution is -2.30. The number of nitriles is 1. The van der Waals surface area contributed by atoms with Gasteiger partial charge in [0.2, 0.25) is 0 Å². The number of carbonyl (C=O) groups excluding carboxylic acids is 2. The van der Waals surface area contributed by atoms with Crippen LogP contribution in [0.4, 0.5) is 0 Å². The fraction of sp³-hybridized carbons (Fsp3) is 0.315. The molecule has 4 aliphatic carbocycles. The van der Waals surface area contributed by atoms with Gasteiger partial charge in [-0.25, -0.2) is 15.0 Å². The number of unbranched alkanes of at least 4 members (excludes halogenated alkanes) is 12. The van der Waals surface area contributed by atoms with Crippen LogP contribution in [0.15, 0.2) is 155 Å². The summed E-state index contributed by atoms with van der Waals surface area (Å²) in [6, 6.07) is 50.9. The Hall–Kier alpha value is -8.41. The van der Waals surface area contributed by atoms with Crippen LogP contribution >= 0.6 is 68.0 Å². The predicted molar refractivity (Wildman–Crippen MR) is 440 cm³/mol. The molecule has 0 fully saturated rings. The van der Waals surface area contributed by atoms with Gasteiger partial charge in [-0.05, 0) is 203 Å². The standard InChI is InChI=1S/C92H85N3O2S6/c1-10-14-18-22-26-58-30-38-62(39-31-58)91(63-40-32-59(33-41-63)27-23-19-15-11-2)74-51-69-75(50-68(74)87-83(91)89-77(102-87)48-66(100-89)46-70-79(55(5)94-8)72-53-98-56(6)80(72)85(70)96)92(64-42-34-60(35-43-64)28-24-20-16-12-3,65-44-36-61(37-45-65)29-25-21-17-13-4)84-88(69)103-78-49-67(101-90(78)84)47-71-82(76(52-93)95-9)73-54-99-57(7)81(73)86(71)97/h30-51,53-54H,10-29H2,1-7H3/b70-46?,71-47?,79-55+,82-76-. The first-order valence-electron chi connectivity index (χ1n) is 37.4. The SMILES string of the molecule is [C-]#[N+]/C(C#N)=C1/C(=Cc2cc3sc4c(c3s2)C(c2ccc(CCCCCC)cc2)(c2ccc(CCCCCC)cc2)c2cc3c(cc2-4)C(c2ccc(CCCCCC)cc2)(c2ccc(CCCCCC)cc2)c2c-3sc3cc(C=C4C(=O)c5c(csc5C)/C4=C(\C)[N+]#[C-])sc23)C(=O)c2c1csc2C. The van der Waals surface area contributed by atoms with Crippen molar-refractivity contribution >= 4 is 122 Å². The summed E-state index contributed by atoms with van der Waals surface area (Å²) in [7, 11) is 0. The van der Waals surface area contributed by atoms with Crippen molar-refractivity contribution in [2.45, 2.75) is 188 Å². The quantitative estimate of drug-likeness (QED) is 0.0235. The summed E-state index contributed by atoms with van der Waals surface area (Å²) in [5.74, 6) is -0.139. The Balaban J connectivity index is 1.01. The van der Waals surface area contributed by atoms with Gasteiger partial charge >= 0.3 is 0 Å². The molecule has 5 aromatic carbocycles. The van der Waals surface area contributed by atoms with Gasteiger partial charge in [-0.1, -0.05) is 202 Å². The highest BCUT2D eigenvalue weighted by molar-refractivity contribution is 7.31. The van der Waals surface area contributed by atoms with Crippen molar-refractivity contribution in [2.24, 2.45) is 0 Å². The molecule has 0 saturated carbocycles. The molecule has 0 saturated heterocycles. The number of ketones is 2. The molecular weight excluding hydrogens is 1370 g/mol. The van der Waals surface area contributed by atoms with Crippen LogP contribution in [0.5, 0.6) is 0 Å². The van der Waals surface area contributed by atoms with Gasteiger partial charge in [0.15, 0.2) is 17.3 Å². The number of rotatable bonds is 26. The maximum Gasteiger partial charge on any atom is 0.270 e. The minimum Gasteiger partial charge on any atom is -0.289 e. The van der Waals surface area contributed by atoms with E-state index in [1.165, 1.54) is 190 Å². The fourth-order valence-electron chi connectivity index (χ4n) is 17.1. The molecule has 0 atom stereocenters. The molecule has 11 aromatic rings. The summed E-state index contributed by atoms with van der Waals surface area (Å²) in [5, 5.41) is 14.5. The third kappa shape index (κ3) is 12.0. The lowest BCUT2D eigenvalue weighted by molar-refractivity contribution is 0.103. The average molecular weight is 1460 g/mol. The zero-order valence-corrected chi connectivity index (χ0v) is 65.0. The van der Waals surface area contributed by atoms with Crippen LogP contribution in [-0.2, 0) is 36.5 Å². The van der Waals surface area contributed by atoms with Crippen LogP contribution < -0.4 is 0 Å². The average Bonchev–Trinajstić information content (AvgIpc) is 1.49. The second kappa shape index (κ2) is 29.6. The molecule has 0 unspecified atom stereocenters. The molecule has 0 bridgehead atoms. The second-order valence-corrected chi connectivity index (χ2v) is 35.2. The van der Waals surface area contributed by atoms with Crippen molar-refractivity contribution < 1.29 is 9.59 Å². The Morgan fingerprint density at radius 2 is 0.806 bits per heavy atom. The van der Waals surface area contributed by atoms with Gasteiger partial charge in [-0.3, -0.25) is 9.59 Å². The molecule has 0 spiro atoms. The molecule has 0 N–H and O–H groups in total. The summed E-state index contributed by atoms with van der Waals surface area (Å²) in [5.41, 5.74) is 21.8. The molecule has 6 aromatic heterocycles. The monoisotopic (exact) mass is 1460 g/mol. The molecule has 4 aliphatic rings. The van der Waals surface area contributed by atoms with Crippen molar-refractivity contribution in [3.8, 4) is 27.0 Å². The fourth-order valence-corrected chi connectivity index (χ4v) is 24.3. The van der Waals surface area contributed by atoms with Crippen LogP contribution in [0, 0.1) is 38.3 Å². The number of aryl methyl sites for hydroxylation is 6. The molecule has 5 nitrogen and oxygen atoms in total. The van der Waals surface area contributed by atoms with E-state index in [0.29, 0.717) is 33.5 Å². The van der Waals surface area contributed by atoms with Gasteiger partial charge in [-0.2, -0.15) is 0 Å². The largest absolute Gasteiger partial charge is 0.289 e. The molecular formula is C92H85N3O2S6. The summed E-state index contributed by atoms with van der Waals surface area (Å²) in [6.07, 6.45) is 27.3. The number of nitrogens with zero attached hydrogens (tertiary/aromatic N) is 3. The number of hydrogen-bond donors (Lipinski definition) is 0. The number of fused-ring (bicyclic) bond motifs is 12. The molecule has 0 radical (unpaired) electrons. The van der Waals surface area contributed by atoms with E-state index in [2.05, 4.69) is 176 Å². The van der Waals surface area contributed by atoms with Crippen LogP contribution in [0.25, 0.3) is 72.7 Å². The van der Waals surface area contributed by atoms with E-state index < -0.39 is 10.8 Å². The van der Waals surface area contributed by atoms with Crippen molar-refractivity contribution in [1.29, 1.82) is 5.26 Å². The Bertz CT molecular complexity index is 5300. The Labute approximate surface area is 632 Å². The van der Waals surface area contributed by atoms with Crippen molar-refractivity contribution in [3.05, 3.63) is 286 Å². The van der Waals surface area contributed by atoms with Crippen LogP contribution in [0.1, 0.15) is 255 Å².